The van der Waals surface area contributed by atoms with Crippen LogP contribution in [0.1, 0.15) is 54.8 Å². The summed E-state index contributed by atoms with van der Waals surface area (Å²) in [5, 5.41) is 8.58. The second-order valence-electron chi connectivity index (χ2n) is 8.41. The molecule has 0 saturated heterocycles. The first-order chi connectivity index (χ1) is 17.4. The number of benzene rings is 2. The largest absolute Gasteiger partial charge is 0.462 e. The van der Waals surface area contributed by atoms with Crippen molar-refractivity contribution in [1.82, 2.24) is 15.0 Å². The van der Waals surface area contributed by atoms with E-state index in [1.807, 2.05) is 50.2 Å². The molecule has 9 heteroatoms. The standard InChI is InChI=1S/C27H28FN5O3/c1-4-35-27(34)21-14-9-13-20(16-21)18(3)30-26(36-29)23-25(19-11-6-5-7-12-19)33(32-31-23)24-17(2)10-8-15-22(24)28/h5-9,11-18H,4,10,29H2,1-3H3/t17-,18?/m1/s1. The fraction of sp³-hybridized carbons (Fsp3) is 0.259. The molecule has 0 radical (unpaired) electrons. The normalized spacial score (nSPS) is 16.7. The maximum atomic E-state index is 14.9. The van der Waals surface area contributed by atoms with Gasteiger partial charge in [-0.15, -0.1) is 5.10 Å². The van der Waals surface area contributed by atoms with Gasteiger partial charge in [0, 0.05) is 11.5 Å². The molecule has 2 aromatic carbocycles. The zero-order valence-corrected chi connectivity index (χ0v) is 20.4. The van der Waals surface area contributed by atoms with Crippen LogP contribution in [0.2, 0.25) is 0 Å². The summed E-state index contributed by atoms with van der Waals surface area (Å²) in [7, 11) is 0. The van der Waals surface area contributed by atoms with Gasteiger partial charge in [-0.25, -0.2) is 18.9 Å². The van der Waals surface area contributed by atoms with Crippen LogP contribution in [0.5, 0.6) is 0 Å². The fourth-order valence-electron chi connectivity index (χ4n) is 4.11. The third-order valence-electron chi connectivity index (χ3n) is 5.92. The molecule has 8 nitrogen and oxygen atoms in total. The molecule has 3 aromatic rings. The molecule has 4 rings (SSSR count). The number of carbonyl (C=O) groups is 1. The summed E-state index contributed by atoms with van der Waals surface area (Å²) < 4.78 is 21.5. The van der Waals surface area contributed by atoms with Gasteiger partial charge in [-0.05, 0) is 44.0 Å². The van der Waals surface area contributed by atoms with Crippen LogP contribution in [0.4, 0.5) is 4.39 Å². The first-order valence-electron chi connectivity index (χ1n) is 11.7. The number of allylic oxidation sites excluding steroid dienone is 4. The van der Waals surface area contributed by atoms with Crippen molar-refractivity contribution in [1.29, 1.82) is 0 Å². The highest BCUT2D eigenvalue weighted by Crippen LogP contribution is 2.34. The number of nitrogens with zero attached hydrogens (tertiary/aromatic N) is 4. The topological polar surface area (TPSA) is 105 Å². The summed E-state index contributed by atoms with van der Waals surface area (Å²) in [4.78, 5) is 22.0. The number of aromatic nitrogens is 3. The third kappa shape index (κ3) is 5.11. The molecule has 36 heavy (non-hydrogen) atoms. The van der Waals surface area contributed by atoms with Gasteiger partial charge in [0.25, 0.3) is 5.90 Å². The van der Waals surface area contributed by atoms with Crippen LogP contribution < -0.4 is 5.90 Å². The van der Waals surface area contributed by atoms with Gasteiger partial charge in [-0.1, -0.05) is 60.7 Å². The molecular weight excluding hydrogens is 461 g/mol. The Labute approximate surface area is 208 Å². The number of esters is 1. The van der Waals surface area contributed by atoms with Crippen molar-refractivity contribution in [3.05, 3.63) is 89.4 Å². The van der Waals surface area contributed by atoms with Gasteiger partial charge in [0.1, 0.15) is 11.5 Å². The lowest BCUT2D eigenvalue weighted by molar-refractivity contribution is 0.0526. The Bertz CT molecular complexity index is 1330. The Morgan fingerprint density at radius 2 is 2.03 bits per heavy atom. The van der Waals surface area contributed by atoms with Crippen LogP contribution in [0.25, 0.3) is 17.0 Å². The summed E-state index contributed by atoms with van der Waals surface area (Å²) in [6, 6.07) is 15.9. The lowest BCUT2D eigenvalue weighted by atomic mass is 9.97. The van der Waals surface area contributed by atoms with Gasteiger partial charge >= 0.3 is 5.97 Å². The Morgan fingerprint density at radius 1 is 1.25 bits per heavy atom. The molecule has 0 aliphatic heterocycles. The van der Waals surface area contributed by atoms with Crippen LogP contribution in [0.3, 0.4) is 0 Å². The van der Waals surface area contributed by atoms with Gasteiger partial charge in [0.2, 0.25) is 0 Å². The zero-order chi connectivity index (χ0) is 25.7. The summed E-state index contributed by atoms with van der Waals surface area (Å²) in [6.45, 7) is 5.81. The van der Waals surface area contributed by atoms with Crippen molar-refractivity contribution in [3.8, 4) is 11.3 Å². The van der Waals surface area contributed by atoms with E-state index in [-0.39, 0.29) is 29.9 Å². The van der Waals surface area contributed by atoms with Crippen LogP contribution in [0.15, 0.2) is 77.6 Å². The molecule has 2 N–H and O–H groups in total. The maximum Gasteiger partial charge on any atom is 0.338 e. The monoisotopic (exact) mass is 489 g/mol. The summed E-state index contributed by atoms with van der Waals surface area (Å²) in [6.07, 6.45) is 3.92. The highest BCUT2D eigenvalue weighted by molar-refractivity contribution is 5.98. The minimum absolute atomic E-state index is 0.0363. The van der Waals surface area contributed by atoms with E-state index in [0.717, 1.165) is 11.1 Å². The Kier molecular flexibility index (Phi) is 7.70. The van der Waals surface area contributed by atoms with Crippen molar-refractivity contribution >= 4 is 17.6 Å². The van der Waals surface area contributed by atoms with E-state index in [1.165, 1.54) is 10.8 Å². The van der Waals surface area contributed by atoms with Gasteiger partial charge in [0.05, 0.1) is 23.9 Å². The Hall–Kier alpha value is -4.11. The number of ether oxygens (including phenoxy) is 1. The highest BCUT2D eigenvalue weighted by atomic mass is 19.1. The highest BCUT2D eigenvalue weighted by Gasteiger charge is 2.28. The number of nitrogens with two attached hydrogens (primary N) is 1. The second-order valence-corrected chi connectivity index (χ2v) is 8.41. The molecule has 1 heterocycles. The molecule has 0 saturated carbocycles. The average molecular weight is 490 g/mol. The van der Waals surface area contributed by atoms with Crippen LogP contribution >= 0.6 is 0 Å². The molecule has 0 spiro atoms. The van der Waals surface area contributed by atoms with Crippen LogP contribution in [-0.4, -0.2) is 33.5 Å². The van der Waals surface area contributed by atoms with Crippen LogP contribution in [-0.2, 0) is 9.57 Å². The molecule has 2 atom stereocenters. The molecule has 186 valence electrons. The van der Waals surface area contributed by atoms with Crippen molar-refractivity contribution in [2.45, 2.75) is 33.2 Å². The quantitative estimate of drug-likeness (QED) is 0.210. The smallest absolute Gasteiger partial charge is 0.338 e. The van der Waals surface area contributed by atoms with Gasteiger partial charge in [-0.2, -0.15) is 5.90 Å². The molecule has 0 amide bonds. The van der Waals surface area contributed by atoms with Crippen molar-refractivity contribution in [2.75, 3.05) is 6.61 Å². The number of rotatable bonds is 7. The number of halogens is 1. The maximum absolute atomic E-state index is 14.9. The van der Waals surface area contributed by atoms with Gasteiger partial charge in [0.15, 0.2) is 5.69 Å². The lowest BCUT2D eigenvalue weighted by Crippen LogP contribution is -2.16. The molecule has 0 fully saturated rings. The SMILES string of the molecule is CCOC(=O)c1cccc(C(C)N=C(ON)c2nnn(C3=C(F)C=CC[C@H]3C)c2-c2ccccc2)c1. The molecule has 1 aliphatic rings. The van der Waals surface area contributed by atoms with Crippen LogP contribution in [0, 0.1) is 5.92 Å². The Balaban J connectivity index is 1.80. The van der Waals surface area contributed by atoms with Gasteiger partial charge in [-0.3, -0.25) is 0 Å². The van der Waals surface area contributed by atoms with E-state index in [2.05, 4.69) is 15.3 Å². The first kappa shape index (κ1) is 25.0. The van der Waals surface area contributed by atoms with E-state index >= 15 is 0 Å². The number of aliphatic imine (C=N–C) groups is 1. The first-order valence-corrected chi connectivity index (χ1v) is 11.7. The van der Waals surface area contributed by atoms with Crippen molar-refractivity contribution in [2.24, 2.45) is 16.8 Å². The van der Waals surface area contributed by atoms with E-state index in [1.54, 1.807) is 31.2 Å². The summed E-state index contributed by atoms with van der Waals surface area (Å²) in [5.74, 6) is 4.79. The molecule has 1 aliphatic carbocycles. The number of hydrogen-bond donors (Lipinski definition) is 1. The summed E-state index contributed by atoms with van der Waals surface area (Å²) in [5.41, 5.74) is 3.12. The summed E-state index contributed by atoms with van der Waals surface area (Å²) >= 11 is 0. The number of carbonyl (C=O) groups excluding carboxylic acids is 1. The third-order valence-corrected chi connectivity index (χ3v) is 5.92. The molecular formula is C27H28FN5O3. The minimum Gasteiger partial charge on any atom is -0.462 e. The van der Waals surface area contributed by atoms with E-state index < -0.39 is 12.0 Å². The van der Waals surface area contributed by atoms with Crippen molar-refractivity contribution in [3.63, 3.8) is 0 Å². The van der Waals surface area contributed by atoms with Gasteiger partial charge < -0.3 is 9.57 Å². The lowest BCUT2D eigenvalue weighted by Gasteiger charge is -2.20. The predicted molar refractivity (Wildman–Crippen MR) is 135 cm³/mol. The number of hydrogen-bond acceptors (Lipinski definition) is 7. The average Bonchev–Trinajstić information content (AvgIpc) is 3.32. The Morgan fingerprint density at radius 3 is 2.72 bits per heavy atom. The molecule has 0 bridgehead atoms. The zero-order valence-electron chi connectivity index (χ0n) is 20.4. The van der Waals surface area contributed by atoms with E-state index in [9.17, 15) is 9.18 Å². The minimum atomic E-state index is -0.445. The van der Waals surface area contributed by atoms with E-state index in [0.29, 0.717) is 23.4 Å². The van der Waals surface area contributed by atoms with Crippen molar-refractivity contribution < 1.29 is 18.8 Å². The predicted octanol–water partition coefficient (Wildman–Crippen LogP) is 5.25. The molecule has 1 aromatic heterocycles. The molecule has 1 unspecified atom stereocenters. The van der Waals surface area contributed by atoms with E-state index in [4.69, 9.17) is 15.5 Å². The second kappa shape index (κ2) is 11.1. The fourth-order valence-corrected chi connectivity index (χ4v) is 4.11.